The molecule has 0 aliphatic rings. The van der Waals surface area contributed by atoms with Crippen molar-refractivity contribution < 1.29 is 14.4 Å². The van der Waals surface area contributed by atoms with Gasteiger partial charge in [0, 0.05) is 11.9 Å². The molecule has 0 aliphatic carbocycles. The standard InChI is InChI=1S/C15H20N2O3/c1-15(2,3)13(18)9-16-14(19)8-11-10-6-4-5-7-12(10)20-17-11/h4-7,13,18H,8-9H2,1-3H3,(H,16,19). The minimum absolute atomic E-state index is 0.147. The molecule has 2 N–H and O–H groups in total. The summed E-state index contributed by atoms with van der Waals surface area (Å²) in [6.45, 7) is 6.01. The Balaban J connectivity index is 1.95. The molecule has 0 spiro atoms. The van der Waals surface area contributed by atoms with Crippen molar-refractivity contribution in [1.29, 1.82) is 0 Å². The van der Waals surface area contributed by atoms with Crippen LogP contribution in [-0.4, -0.2) is 28.8 Å². The number of nitrogens with zero attached hydrogens (tertiary/aromatic N) is 1. The molecule has 0 saturated carbocycles. The van der Waals surface area contributed by atoms with Crippen molar-refractivity contribution in [3.05, 3.63) is 30.0 Å². The number of aliphatic hydroxyl groups excluding tert-OH is 1. The van der Waals surface area contributed by atoms with Crippen molar-refractivity contribution in [3.8, 4) is 0 Å². The summed E-state index contributed by atoms with van der Waals surface area (Å²) in [5.41, 5.74) is 1.03. The summed E-state index contributed by atoms with van der Waals surface area (Å²) in [6, 6.07) is 7.42. The molecule has 0 fully saturated rings. The smallest absolute Gasteiger partial charge is 0.226 e. The molecule has 0 bridgehead atoms. The molecule has 1 heterocycles. The summed E-state index contributed by atoms with van der Waals surface area (Å²) in [6.07, 6.45) is -0.436. The number of hydrogen-bond donors (Lipinski definition) is 2. The summed E-state index contributed by atoms with van der Waals surface area (Å²) in [5, 5.41) is 17.4. The molecule has 2 aromatic rings. The fraction of sp³-hybridized carbons (Fsp3) is 0.467. The molecule has 2 rings (SSSR count). The molecule has 5 heteroatoms. The Kier molecular flexibility index (Phi) is 4.09. The van der Waals surface area contributed by atoms with Gasteiger partial charge in [0.05, 0.1) is 12.5 Å². The van der Waals surface area contributed by atoms with Crippen LogP contribution in [0.15, 0.2) is 28.8 Å². The van der Waals surface area contributed by atoms with E-state index in [4.69, 9.17) is 4.52 Å². The van der Waals surface area contributed by atoms with Gasteiger partial charge in [-0.05, 0) is 17.5 Å². The normalized spacial score (nSPS) is 13.4. The number of aliphatic hydroxyl groups is 1. The van der Waals surface area contributed by atoms with Crippen molar-refractivity contribution >= 4 is 16.9 Å². The van der Waals surface area contributed by atoms with Gasteiger partial charge in [0.2, 0.25) is 5.91 Å². The average Bonchev–Trinajstić information content (AvgIpc) is 2.78. The number of benzene rings is 1. The fourth-order valence-electron chi connectivity index (χ4n) is 1.80. The number of carbonyl (C=O) groups excluding carboxylic acids is 1. The van der Waals surface area contributed by atoms with Gasteiger partial charge in [-0.2, -0.15) is 0 Å². The largest absolute Gasteiger partial charge is 0.391 e. The molecule has 1 atom stereocenters. The lowest BCUT2D eigenvalue weighted by atomic mass is 9.89. The molecule has 0 radical (unpaired) electrons. The molecule has 1 amide bonds. The van der Waals surface area contributed by atoms with E-state index in [0.717, 1.165) is 5.39 Å². The molecule has 1 unspecified atom stereocenters. The highest BCUT2D eigenvalue weighted by atomic mass is 16.5. The third-order valence-electron chi connectivity index (χ3n) is 3.27. The van der Waals surface area contributed by atoms with Gasteiger partial charge >= 0.3 is 0 Å². The summed E-state index contributed by atoms with van der Waals surface area (Å²) in [5.74, 6) is -0.174. The first kappa shape index (κ1) is 14.5. The zero-order valence-corrected chi connectivity index (χ0v) is 12.0. The minimum Gasteiger partial charge on any atom is -0.391 e. The highest BCUT2D eigenvalue weighted by Gasteiger charge is 2.22. The van der Waals surface area contributed by atoms with Crippen LogP contribution in [0, 0.1) is 5.41 Å². The minimum atomic E-state index is -0.583. The number of fused-ring (bicyclic) bond motifs is 1. The number of rotatable bonds is 4. The number of aromatic nitrogens is 1. The summed E-state index contributed by atoms with van der Waals surface area (Å²) >= 11 is 0. The van der Waals surface area contributed by atoms with Gasteiger partial charge < -0.3 is 14.9 Å². The molecule has 1 aromatic carbocycles. The van der Waals surface area contributed by atoms with Gasteiger partial charge in [-0.3, -0.25) is 4.79 Å². The molecular formula is C15H20N2O3. The monoisotopic (exact) mass is 276 g/mol. The van der Waals surface area contributed by atoms with E-state index in [2.05, 4.69) is 10.5 Å². The maximum absolute atomic E-state index is 11.9. The van der Waals surface area contributed by atoms with Crippen LogP contribution in [0.5, 0.6) is 0 Å². The predicted molar refractivity (Wildman–Crippen MR) is 76.2 cm³/mol. The molecule has 20 heavy (non-hydrogen) atoms. The zero-order valence-electron chi connectivity index (χ0n) is 12.0. The zero-order chi connectivity index (χ0) is 14.8. The lowest BCUT2D eigenvalue weighted by Crippen LogP contribution is -2.39. The van der Waals surface area contributed by atoms with Gasteiger partial charge in [0.15, 0.2) is 5.58 Å². The van der Waals surface area contributed by atoms with Crippen LogP contribution in [0.4, 0.5) is 0 Å². The highest BCUT2D eigenvalue weighted by Crippen LogP contribution is 2.19. The van der Waals surface area contributed by atoms with Gasteiger partial charge in [-0.25, -0.2) is 0 Å². The van der Waals surface area contributed by atoms with Crippen molar-refractivity contribution in [1.82, 2.24) is 10.5 Å². The maximum Gasteiger partial charge on any atom is 0.226 e. The van der Waals surface area contributed by atoms with Gasteiger partial charge in [-0.1, -0.05) is 38.1 Å². The number of amides is 1. The number of hydrogen-bond acceptors (Lipinski definition) is 4. The topological polar surface area (TPSA) is 75.4 Å². The van der Waals surface area contributed by atoms with Crippen molar-refractivity contribution in [2.45, 2.75) is 33.3 Å². The van der Waals surface area contributed by atoms with Crippen LogP contribution in [-0.2, 0) is 11.2 Å². The van der Waals surface area contributed by atoms with E-state index >= 15 is 0 Å². The predicted octanol–water partition coefficient (Wildman–Crippen LogP) is 1.89. The van der Waals surface area contributed by atoms with Gasteiger partial charge in [-0.15, -0.1) is 0 Å². The first-order chi connectivity index (χ1) is 9.38. The van der Waals surface area contributed by atoms with Crippen molar-refractivity contribution in [2.75, 3.05) is 6.54 Å². The number of nitrogens with one attached hydrogen (secondary N) is 1. The maximum atomic E-state index is 11.9. The van der Waals surface area contributed by atoms with E-state index in [1.807, 2.05) is 45.0 Å². The Hall–Kier alpha value is -1.88. The van der Waals surface area contributed by atoms with Gasteiger partial charge in [0.1, 0.15) is 5.69 Å². The third kappa shape index (κ3) is 3.36. The molecule has 108 valence electrons. The van der Waals surface area contributed by atoms with Gasteiger partial charge in [0.25, 0.3) is 0 Å². The Bertz CT molecular complexity index is 598. The van der Waals surface area contributed by atoms with Crippen LogP contribution in [0.2, 0.25) is 0 Å². The summed E-state index contributed by atoms with van der Waals surface area (Å²) in [4.78, 5) is 11.9. The van der Waals surface area contributed by atoms with Crippen LogP contribution in [0.1, 0.15) is 26.5 Å². The van der Waals surface area contributed by atoms with E-state index in [0.29, 0.717) is 11.3 Å². The molecular weight excluding hydrogens is 256 g/mol. The van der Waals surface area contributed by atoms with Crippen LogP contribution in [0.25, 0.3) is 11.0 Å². The Morgan fingerprint density at radius 1 is 1.40 bits per heavy atom. The molecule has 5 nitrogen and oxygen atoms in total. The fourth-order valence-corrected chi connectivity index (χ4v) is 1.80. The SMILES string of the molecule is CC(C)(C)C(O)CNC(=O)Cc1noc2ccccc12. The highest BCUT2D eigenvalue weighted by molar-refractivity contribution is 5.86. The van der Waals surface area contributed by atoms with E-state index < -0.39 is 6.10 Å². The van der Waals surface area contributed by atoms with Crippen molar-refractivity contribution in [2.24, 2.45) is 5.41 Å². The van der Waals surface area contributed by atoms with E-state index in [9.17, 15) is 9.90 Å². The Morgan fingerprint density at radius 2 is 2.10 bits per heavy atom. The lowest BCUT2D eigenvalue weighted by Gasteiger charge is -2.25. The van der Waals surface area contributed by atoms with E-state index in [1.165, 1.54) is 0 Å². The van der Waals surface area contributed by atoms with Crippen LogP contribution in [0.3, 0.4) is 0 Å². The molecule has 0 aliphatic heterocycles. The second kappa shape index (κ2) is 5.63. The van der Waals surface area contributed by atoms with Crippen LogP contribution >= 0.6 is 0 Å². The Morgan fingerprint density at radius 3 is 2.80 bits per heavy atom. The van der Waals surface area contributed by atoms with Crippen molar-refractivity contribution in [3.63, 3.8) is 0 Å². The summed E-state index contributed by atoms with van der Waals surface area (Å²) < 4.78 is 5.15. The van der Waals surface area contributed by atoms with Crippen LogP contribution < -0.4 is 5.32 Å². The molecule has 0 saturated heterocycles. The quantitative estimate of drug-likeness (QED) is 0.894. The number of carbonyl (C=O) groups is 1. The Labute approximate surface area is 118 Å². The summed E-state index contributed by atoms with van der Waals surface area (Å²) in [7, 11) is 0. The third-order valence-corrected chi connectivity index (χ3v) is 3.27. The first-order valence-electron chi connectivity index (χ1n) is 6.66. The van der Waals surface area contributed by atoms with E-state index in [1.54, 1.807) is 0 Å². The second-order valence-corrected chi connectivity index (χ2v) is 5.99. The first-order valence-corrected chi connectivity index (χ1v) is 6.66. The number of para-hydroxylation sites is 1. The average molecular weight is 276 g/mol. The second-order valence-electron chi connectivity index (χ2n) is 5.99. The molecule has 1 aromatic heterocycles. The lowest BCUT2D eigenvalue weighted by molar-refractivity contribution is -0.121. The van der Waals surface area contributed by atoms with E-state index in [-0.39, 0.29) is 24.3 Å².